The molecule has 9 heteroatoms. The summed E-state index contributed by atoms with van der Waals surface area (Å²) < 4.78 is 8.55. The van der Waals surface area contributed by atoms with Gasteiger partial charge in [0.15, 0.2) is 0 Å². The van der Waals surface area contributed by atoms with Crippen LogP contribution in [-0.2, 0) is 4.57 Å². The van der Waals surface area contributed by atoms with E-state index in [2.05, 4.69) is 0 Å². The maximum absolute atomic E-state index is 8.55. The SMILES string of the molecule is B.O=P([O-])([O-])[O-].[Li+].[Li+].[Li+]. The van der Waals surface area contributed by atoms with Gasteiger partial charge in [-0.25, -0.2) is 0 Å². The summed E-state index contributed by atoms with van der Waals surface area (Å²) in [5.74, 6) is 0. The minimum absolute atomic E-state index is 0. The first-order valence-electron chi connectivity index (χ1n) is 0.730. The van der Waals surface area contributed by atoms with Gasteiger partial charge in [-0.1, -0.05) is 0 Å². The summed E-state index contributed by atoms with van der Waals surface area (Å²) in [5, 5.41) is 0. The standard InChI is InChI=1S/BH3.3Li.H3O4P/c;;;;1-5(2,3)4/h1H3;;;;(H3,1,2,3,4)/q;3*+1;/p-3. The minimum atomic E-state index is -5.39. The van der Waals surface area contributed by atoms with Crippen LogP contribution in [0, 0.1) is 0 Å². The van der Waals surface area contributed by atoms with Crippen molar-refractivity contribution in [3.05, 3.63) is 0 Å². The van der Waals surface area contributed by atoms with Crippen molar-refractivity contribution in [3.63, 3.8) is 0 Å². The molecular formula is H3BLi3O4P. The molecule has 0 radical (unpaired) electrons. The summed E-state index contributed by atoms with van der Waals surface area (Å²) in [6.45, 7) is 0. The smallest absolute Gasteiger partial charge is 0.822 e. The van der Waals surface area contributed by atoms with Gasteiger partial charge in [0.1, 0.15) is 0 Å². The van der Waals surface area contributed by atoms with E-state index >= 15 is 0 Å². The van der Waals surface area contributed by atoms with Crippen molar-refractivity contribution in [1.82, 2.24) is 0 Å². The van der Waals surface area contributed by atoms with Gasteiger partial charge >= 0.3 is 56.6 Å². The van der Waals surface area contributed by atoms with Gasteiger partial charge in [0, 0.05) is 0 Å². The monoisotopic (exact) mass is 130 g/mol. The van der Waals surface area contributed by atoms with E-state index in [1.165, 1.54) is 0 Å². The third-order valence-corrected chi connectivity index (χ3v) is 0. The average molecular weight is 130 g/mol. The fraction of sp³-hybridized carbons (Fsp3) is 0. The van der Waals surface area contributed by atoms with Gasteiger partial charge in [-0.2, -0.15) is 7.82 Å². The molecule has 0 aliphatic heterocycles. The van der Waals surface area contributed by atoms with Crippen LogP contribution in [0.2, 0.25) is 0 Å². The van der Waals surface area contributed by atoms with E-state index in [-0.39, 0.29) is 65.0 Å². The van der Waals surface area contributed by atoms with Crippen LogP contribution in [0.1, 0.15) is 0 Å². The Morgan fingerprint density at radius 3 is 0.889 bits per heavy atom. The number of rotatable bonds is 0. The van der Waals surface area contributed by atoms with Gasteiger partial charge < -0.3 is 19.2 Å². The molecule has 0 amide bonds. The Kier molecular flexibility index (Phi) is 42.9. The van der Waals surface area contributed by atoms with Gasteiger partial charge in [0.05, 0.1) is 8.41 Å². The average Bonchev–Trinajstić information content (AvgIpc) is 0.722. The Hall–Kier alpha value is 1.97. The Morgan fingerprint density at radius 2 is 0.889 bits per heavy atom. The summed E-state index contributed by atoms with van der Waals surface area (Å²) >= 11 is 0. The molecule has 0 saturated carbocycles. The van der Waals surface area contributed by atoms with Gasteiger partial charge in [-0.05, 0) is 0 Å². The zero-order chi connectivity index (χ0) is 4.50. The van der Waals surface area contributed by atoms with Crippen molar-refractivity contribution in [2.24, 2.45) is 0 Å². The molecule has 0 spiro atoms. The molecule has 0 heterocycles. The summed E-state index contributed by atoms with van der Waals surface area (Å²) in [6.07, 6.45) is 0. The molecule has 0 saturated heterocycles. The molecule has 0 N–H and O–H groups in total. The second-order valence-corrected chi connectivity index (χ2v) is 1.34. The quantitative estimate of drug-likeness (QED) is 0.240. The molecule has 0 bridgehead atoms. The van der Waals surface area contributed by atoms with E-state index < -0.39 is 7.82 Å². The summed E-state index contributed by atoms with van der Waals surface area (Å²) in [5.41, 5.74) is 0. The van der Waals surface area contributed by atoms with Crippen molar-refractivity contribution in [2.45, 2.75) is 0 Å². The van der Waals surface area contributed by atoms with E-state index in [0.29, 0.717) is 0 Å². The Bertz CT molecular complexity index is 61.9. The first kappa shape index (κ1) is 30.6. The van der Waals surface area contributed by atoms with E-state index in [4.69, 9.17) is 19.2 Å². The first-order chi connectivity index (χ1) is 2.00. The van der Waals surface area contributed by atoms with Crippen molar-refractivity contribution in [3.8, 4) is 0 Å². The fourth-order valence-electron chi connectivity index (χ4n) is 0. The van der Waals surface area contributed by atoms with Crippen LogP contribution in [0.5, 0.6) is 0 Å². The van der Waals surface area contributed by atoms with Gasteiger partial charge in [0.2, 0.25) is 0 Å². The van der Waals surface area contributed by atoms with Gasteiger partial charge in [0.25, 0.3) is 0 Å². The first-order valence-corrected chi connectivity index (χ1v) is 2.19. The molecule has 0 unspecified atom stereocenters. The molecule has 4 nitrogen and oxygen atoms in total. The normalized spacial score (nSPS) is 6.56. The van der Waals surface area contributed by atoms with Crippen LogP contribution in [0.25, 0.3) is 0 Å². The third kappa shape index (κ3) is 163. The van der Waals surface area contributed by atoms with Crippen LogP contribution in [0.15, 0.2) is 0 Å². The molecule has 0 aliphatic carbocycles. The van der Waals surface area contributed by atoms with Crippen LogP contribution in [-0.4, -0.2) is 8.41 Å². The third-order valence-electron chi connectivity index (χ3n) is 0. The van der Waals surface area contributed by atoms with Crippen LogP contribution in [0.4, 0.5) is 0 Å². The summed E-state index contributed by atoms with van der Waals surface area (Å²) in [6, 6.07) is 0. The molecule has 9 heavy (non-hydrogen) atoms. The second kappa shape index (κ2) is 12.6. The Labute approximate surface area is 91.5 Å². The molecule has 0 aromatic rings. The van der Waals surface area contributed by atoms with Crippen LogP contribution in [0.3, 0.4) is 0 Å². The van der Waals surface area contributed by atoms with E-state index in [1.54, 1.807) is 0 Å². The van der Waals surface area contributed by atoms with Crippen molar-refractivity contribution >= 4 is 16.2 Å². The summed E-state index contributed by atoms with van der Waals surface area (Å²) in [4.78, 5) is 25.6. The molecule has 0 aliphatic rings. The van der Waals surface area contributed by atoms with Crippen LogP contribution < -0.4 is 71.3 Å². The number of phosphoric acid groups is 1. The fourth-order valence-corrected chi connectivity index (χ4v) is 0. The Balaban J connectivity index is -0.0000000133. The van der Waals surface area contributed by atoms with Crippen molar-refractivity contribution < 1.29 is 75.8 Å². The molecular weight excluding hydrogens is 127 g/mol. The zero-order valence-electron chi connectivity index (χ0n) is 5.08. The van der Waals surface area contributed by atoms with E-state index in [1.807, 2.05) is 0 Å². The Morgan fingerprint density at radius 1 is 0.889 bits per heavy atom. The summed E-state index contributed by atoms with van der Waals surface area (Å²) in [7, 11) is -5.39. The second-order valence-electron chi connectivity index (χ2n) is 0.447. The van der Waals surface area contributed by atoms with E-state index in [9.17, 15) is 0 Å². The predicted molar refractivity (Wildman–Crippen MR) is 17.5 cm³/mol. The van der Waals surface area contributed by atoms with Gasteiger partial charge in [-0.3, -0.25) is 0 Å². The molecule has 0 fully saturated rings. The molecule has 38 valence electrons. The molecule has 0 atom stereocenters. The predicted octanol–water partition coefficient (Wildman–Crippen LogP) is -13.0. The zero-order valence-corrected chi connectivity index (χ0v) is 5.97. The van der Waals surface area contributed by atoms with Gasteiger partial charge in [-0.15, -0.1) is 0 Å². The maximum Gasteiger partial charge on any atom is 1.00 e. The topological polar surface area (TPSA) is 86.2 Å². The molecule has 0 rings (SSSR count). The van der Waals surface area contributed by atoms with Crippen LogP contribution >= 0.6 is 7.82 Å². The number of hydrogen-bond acceptors (Lipinski definition) is 4. The van der Waals surface area contributed by atoms with Crippen molar-refractivity contribution in [1.29, 1.82) is 0 Å². The molecule has 0 aromatic heterocycles. The maximum atomic E-state index is 8.55. The largest absolute Gasteiger partial charge is 1.00 e. The molecule has 0 aromatic carbocycles. The van der Waals surface area contributed by atoms with E-state index in [0.717, 1.165) is 0 Å². The number of hydrogen-bond donors (Lipinski definition) is 0. The minimum Gasteiger partial charge on any atom is -0.822 e. The van der Waals surface area contributed by atoms with Crippen molar-refractivity contribution in [2.75, 3.05) is 0 Å².